The Hall–Kier alpha value is -3.12. The third-order valence-corrected chi connectivity index (χ3v) is 6.49. The maximum Gasteiger partial charge on any atom is 0.236 e. The third-order valence-electron chi connectivity index (χ3n) is 6.49. The first-order valence-electron chi connectivity index (χ1n) is 11.7. The molecule has 1 saturated carbocycles. The number of hydrogen-bond acceptors (Lipinski definition) is 10. The van der Waals surface area contributed by atoms with Gasteiger partial charge in [0.2, 0.25) is 5.88 Å². The minimum atomic E-state index is -0.612. The standard InChI is InChI=1S/C24H27FN6O4/c25-18-2-4-20-23(31-15(11-32)9-27-20)17(18)10-28-19-3-1-13(5-22(19)34)26-7-14-8-29-24-21(30-14)6-16(33)12-35-24/h2,4,8-9,13,19,22,26,28,32,34H,1,3,5-7,10-12H2/t13-,19?,22+/m1/s1. The zero-order valence-corrected chi connectivity index (χ0v) is 19.1. The van der Waals surface area contributed by atoms with Gasteiger partial charge in [-0.2, -0.15) is 0 Å². The van der Waals surface area contributed by atoms with Crippen LogP contribution in [0.15, 0.2) is 24.5 Å². The summed E-state index contributed by atoms with van der Waals surface area (Å²) >= 11 is 0. The molecule has 3 atom stereocenters. The van der Waals surface area contributed by atoms with E-state index in [4.69, 9.17) is 4.74 Å². The van der Waals surface area contributed by atoms with Crippen molar-refractivity contribution < 1.29 is 24.1 Å². The van der Waals surface area contributed by atoms with E-state index in [1.165, 1.54) is 12.3 Å². The lowest BCUT2D eigenvalue weighted by Crippen LogP contribution is -2.48. The third kappa shape index (κ3) is 5.27. The highest BCUT2D eigenvalue weighted by Crippen LogP contribution is 2.23. The summed E-state index contributed by atoms with van der Waals surface area (Å²) in [5.41, 5.74) is 2.98. The first-order valence-corrected chi connectivity index (χ1v) is 11.7. The molecule has 184 valence electrons. The minimum Gasteiger partial charge on any atom is -0.468 e. The molecule has 0 spiro atoms. The van der Waals surface area contributed by atoms with Gasteiger partial charge < -0.3 is 25.6 Å². The van der Waals surface area contributed by atoms with Crippen molar-refractivity contribution in [1.82, 2.24) is 30.6 Å². The number of halogens is 1. The Balaban J connectivity index is 1.16. The van der Waals surface area contributed by atoms with Crippen LogP contribution in [-0.2, 0) is 30.9 Å². The Morgan fingerprint density at radius 2 is 1.94 bits per heavy atom. The molecule has 0 radical (unpaired) electrons. The van der Waals surface area contributed by atoms with Crippen LogP contribution < -0.4 is 15.4 Å². The number of aromatic nitrogens is 4. The average Bonchev–Trinajstić information content (AvgIpc) is 2.87. The number of nitrogens with one attached hydrogen (secondary N) is 2. The first kappa shape index (κ1) is 23.6. The number of nitrogens with zero attached hydrogens (tertiary/aromatic N) is 4. The predicted octanol–water partition coefficient (Wildman–Crippen LogP) is 0.717. The molecule has 10 nitrogen and oxygen atoms in total. The van der Waals surface area contributed by atoms with Crippen LogP contribution >= 0.6 is 0 Å². The van der Waals surface area contributed by atoms with E-state index in [9.17, 15) is 19.4 Å². The van der Waals surface area contributed by atoms with E-state index in [1.54, 1.807) is 12.3 Å². The predicted molar refractivity (Wildman–Crippen MR) is 123 cm³/mol. The fourth-order valence-corrected chi connectivity index (χ4v) is 4.61. The van der Waals surface area contributed by atoms with E-state index in [2.05, 4.69) is 30.6 Å². The first-order chi connectivity index (χ1) is 17.0. The second-order valence-corrected chi connectivity index (χ2v) is 8.98. The van der Waals surface area contributed by atoms with Crippen molar-refractivity contribution in [1.29, 1.82) is 0 Å². The lowest BCUT2D eigenvalue weighted by molar-refractivity contribution is -0.121. The fourth-order valence-electron chi connectivity index (χ4n) is 4.61. The van der Waals surface area contributed by atoms with Crippen LogP contribution in [0.1, 0.15) is 41.9 Å². The maximum atomic E-state index is 14.6. The molecule has 2 aromatic heterocycles. The van der Waals surface area contributed by atoms with Crippen LogP contribution in [0.2, 0.25) is 0 Å². The summed E-state index contributed by atoms with van der Waals surface area (Å²) in [5.74, 6) is -0.0100. The number of Topliss-reactive ketones (excluding diaryl/α,β-unsaturated/α-hetero) is 1. The number of hydrogen-bond donors (Lipinski definition) is 4. The number of ether oxygens (including phenoxy) is 1. The lowest BCUT2D eigenvalue weighted by Gasteiger charge is -2.34. The van der Waals surface area contributed by atoms with Crippen molar-refractivity contribution in [2.75, 3.05) is 6.61 Å². The molecule has 3 heterocycles. The number of rotatable bonds is 7. The number of benzene rings is 1. The van der Waals surface area contributed by atoms with Crippen LogP contribution in [-0.4, -0.2) is 60.7 Å². The van der Waals surface area contributed by atoms with E-state index in [0.717, 1.165) is 6.42 Å². The number of aliphatic hydroxyl groups is 2. The van der Waals surface area contributed by atoms with Gasteiger partial charge in [-0.1, -0.05) is 0 Å². The molecule has 1 fully saturated rings. The lowest BCUT2D eigenvalue weighted by atomic mass is 9.88. The summed E-state index contributed by atoms with van der Waals surface area (Å²) in [6.45, 7) is 0.429. The molecule has 1 aliphatic carbocycles. The van der Waals surface area contributed by atoms with E-state index in [0.29, 0.717) is 58.9 Å². The van der Waals surface area contributed by atoms with Crippen molar-refractivity contribution in [2.24, 2.45) is 0 Å². The maximum absolute atomic E-state index is 14.6. The molecular weight excluding hydrogens is 455 g/mol. The minimum absolute atomic E-state index is 0.0184. The molecule has 1 aliphatic heterocycles. The van der Waals surface area contributed by atoms with Gasteiger partial charge in [-0.25, -0.2) is 19.3 Å². The van der Waals surface area contributed by atoms with Gasteiger partial charge in [-0.05, 0) is 31.4 Å². The average molecular weight is 483 g/mol. The molecule has 0 amide bonds. The Kier molecular flexibility index (Phi) is 6.91. The molecule has 4 N–H and O–H groups in total. The molecule has 3 aromatic rings. The van der Waals surface area contributed by atoms with Gasteiger partial charge in [0.05, 0.1) is 53.9 Å². The van der Waals surface area contributed by atoms with Crippen LogP contribution in [0, 0.1) is 5.82 Å². The molecule has 0 saturated heterocycles. The van der Waals surface area contributed by atoms with Crippen LogP contribution in [0.4, 0.5) is 4.39 Å². The normalized spacial score (nSPS) is 22.1. The van der Waals surface area contributed by atoms with Gasteiger partial charge in [0.1, 0.15) is 18.1 Å². The quantitative estimate of drug-likeness (QED) is 0.380. The van der Waals surface area contributed by atoms with Crippen molar-refractivity contribution in [2.45, 2.75) is 63.6 Å². The Labute approximate surface area is 201 Å². The second-order valence-electron chi connectivity index (χ2n) is 8.98. The van der Waals surface area contributed by atoms with E-state index < -0.39 is 11.9 Å². The number of carbonyl (C=O) groups is 1. The molecule has 5 rings (SSSR count). The summed E-state index contributed by atoms with van der Waals surface area (Å²) in [4.78, 5) is 28.9. The number of ketones is 1. The Bertz CT molecular complexity index is 1240. The second kappa shape index (κ2) is 10.2. The van der Waals surface area contributed by atoms with E-state index >= 15 is 0 Å². The summed E-state index contributed by atoms with van der Waals surface area (Å²) in [6.07, 6.45) is 4.78. The zero-order valence-electron chi connectivity index (χ0n) is 19.1. The Morgan fingerprint density at radius 1 is 1.09 bits per heavy atom. The van der Waals surface area contributed by atoms with Crippen LogP contribution in [0.25, 0.3) is 11.0 Å². The van der Waals surface area contributed by atoms with Crippen LogP contribution in [0.3, 0.4) is 0 Å². The molecular formula is C24H27FN6O4. The summed E-state index contributed by atoms with van der Waals surface area (Å²) in [5, 5.41) is 26.8. The van der Waals surface area contributed by atoms with Gasteiger partial charge in [0, 0.05) is 30.7 Å². The summed E-state index contributed by atoms with van der Waals surface area (Å²) in [6, 6.07) is 2.82. The zero-order chi connectivity index (χ0) is 24.4. The van der Waals surface area contributed by atoms with Crippen molar-refractivity contribution in [3.63, 3.8) is 0 Å². The van der Waals surface area contributed by atoms with Crippen molar-refractivity contribution >= 4 is 16.8 Å². The summed E-state index contributed by atoms with van der Waals surface area (Å²) < 4.78 is 19.9. The molecule has 2 aliphatic rings. The number of carbonyl (C=O) groups excluding carboxylic acids is 1. The van der Waals surface area contributed by atoms with Crippen LogP contribution in [0.5, 0.6) is 5.88 Å². The SMILES string of the molecule is O=C1COc2ncc(CN[C@@H]3CCC(NCc4c(F)ccc5ncc(CO)nc45)[C@@H](O)C3)nc2C1. The number of aliphatic hydroxyl groups excluding tert-OH is 2. The summed E-state index contributed by atoms with van der Waals surface area (Å²) in [7, 11) is 0. The number of fused-ring (bicyclic) bond motifs is 2. The molecule has 1 unspecified atom stereocenters. The monoisotopic (exact) mass is 482 g/mol. The fraction of sp³-hybridized carbons (Fsp3) is 0.458. The van der Waals surface area contributed by atoms with Crippen molar-refractivity contribution in [3.05, 3.63) is 53.0 Å². The molecule has 11 heteroatoms. The van der Waals surface area contributed by atoms with E-state index in [1.807, 2.05) is 0 Å². The molecule has 1 aromatic carbocycles. The largest absolute Gasteiger partial charge is 0.468 e. The van der Waals surface area contributed by atoms with Gasteiger partial charge >= 0.3 is 0 Å². The highest BCUT2D eigenvalue weighted by atomic mass is 19.1. The molecule has 35 heavy (non-hydrogen) atoms. The molecule has 0 bridgehead atoms. The smallest absolute Gasteiger partial charge is 0.236 e. The van der Waals surface area contributed by atoms with E-state index in [-0.39, 0.29) is 44.0 Å². The van der Waals surface area contributed by atoms with Gasteiger partial charge in [-0.3, -0.25) is 9.78 Å². The van der Waals surface area contributed by atoms with Crippen molar-refractivity contribution in [3.8, 4) is 5.88 Å². The highest BCUT2D eigenvalue weighted by Gasteiger charge is 2.29. The highest BCUT2D eigenvalue weighted by molar-refractivity contribution is 5.83. The van der Waals surface area contributed by atoms with Gasteiger partial charge in [-0.15, -0.1) is 0 Å². The topological polar surface area (TPSA) is 142 Å². The van der Waals surface area contributed by atoms with Gasteiger partial charge in [0.15, 0.2) is 5.78 Å². The Morgan fingerprint density at radius 3 is 2.77 bits per heavy atom. The van der Waals surface area contributed by atoms with Gasteiger partial charge in [0.25, 0.3) is 0 Å².